The third-order valence-electron chi connectivity index (χ3n) is 13.2. The Kier molecular flexibility index (Phi) is 4.05. The number of guanidine groups is 1. The Balaban J connectivity index is 1.07. The highest BCUT2D eigenvalue weighted by Crippen LogP contribution is 2.59. The number of hydrogen-bond acceptors (Lipinski definition) is 1. The fraction of sp³-hybridized carbons (Fsp3) is 0.968. The Labute approximate surface area is 207 Å². The standard InChI is InChI=1S/C31H47N3/c1-19-2-21-3-20(1)11-29(10-19,12-21)32-28(33-30-13-22-4-23(14-30)6-24(5-22)15-30)34-31-16-25-7-26(17-31)9-27(8-25)18-31/h19-27H,1-18H2,(H2,32,33,34). The summed E-state index contributed by atoms with van der Waals surface area (Å²) in [6.07, 6.45) is 26.5. The molecule has 34 heavy (non-hydrogen) atoms. The molecule has 3 heteroatoms. The van der Waals surface area contributed by atoms with Gasteiger partial charge in [-0.3, -0.25) is 0 Å². The average molecular weight is 462 g/mol. The lowest BCUT2D eigenvalue weighted by Crippen LogP contribution is -2.67. The van der Waals surface area contributed by atoms with Crippen molar-refractivity contribution in [2.24, 2.45) is 58.3 Å². The Bertz CT molecular complexity index is 747. The van der Waals surface area contributed by atoms with Crippen molar-refractivity contribution in [2.75, 3.05) is 0 Å². The molecule has 0 aromatic carbocycles. The quantitative estimate of drug-likeness (QED) is 0.375. The van der Waals surface area contributed by atoms with E-state index >= 15 is 0 Å². The summed E-state index contributed by atoms with van der Waals surface area (Å²) in [7, 11) is 0. The molecule has 2 N–H and O–H groups in total. The van der Waals surface area contributed by atoms with E-state index in [1.807, 2.05) is 0 Å². The molecule has 0 aromatic heterocycles. The van der Waals surface area contributed by atoms with Crippen LogP contribution in [0.4, 0.5) is 0 Å². The molecule has 186 valence electrons. The van der Waals surface area contributed by atoms with Gasteiger partial charge in [0.25, 0.3) is 0 Å². The van der Waals surface area contributed by atoms with Gasteiger partial charge in [-0.25, -0.2) is 4.99 Å². The topological polar surface area (TPSA) is 36.4 Å². The molecule has 0 atom stereocenters. The van der Waals surface area contributed by atoms with Crippen LogP contribution >= 0.6 is 0 Å². The van der Waals surface area contributed by atoms with Crippen LogP contribution in [-0.4, -0.2) is 22.6 Å². The zero-order valence-corrected chi connectivity index (χ0v) is 21.4. The molecule has 0 saturated heterocycles. The van der Waals surface area contributed by atoms with Gasteiger partial charge in [0.1, 0.15) is 0 Å². The van der Waals surface area contributed by atoms with Gasteiger partial charge in [-0.05, 0) is 169 Å². The summed E-state index contributed by atoms with van der Waals surface area (Å²) in [6.45, 7) is 0. The molecule has 12 rings (SSSR count). The lowest BCUT2D eigenvalue weighted by molar-refractivity contribution is -0.0204. The van der Waals surface area contributed by atoms with E-state index in [-0.39, 0.29) is 5.54 Å². The lowest BCUT2D eigenvalue weighted by atomic mass is 9.52. The normalized spacial score (nSPS) is 59.5. The third-order valence-corrected chi connectivity index (χ3v) is 13.2. The zero-order chi connectivity index (χ0) is 22.1. The largest absolute Gasteiger partial charge is 0.351 e. The second-order valence-corrected chi connectivity index (χ2v) is 16.2. The maximum absolute atomic E-state index is 5.91. The van der Waals surface area contributed by atoms with Crippen molar-refractivity contribution in [1.82, 2.24) is 10.6 Å². The minimum Gasteiger partial charge on any atom is -0.351 e. The molecule has 12 fully saturated rings. The van der Waals surface area contributed by atoms with Crippen LogP contribution in [0.3, 0.4) is 0 Å². The number of aliphatic imine (C=N–C) groups is 1. The first-order valence-electron chi connectivity index (χ1n) is 15.7. The van der Waals surface area contributed by atoms with Gasteiger partial charge >= 0.3 is 0 Å². The van der Waals surface area contributed by atoms with Crippen molar-refractivity contribution in [1.29, 1.82) is 0 Å². The summed E-state index contributed by atoms with van der Waals surface area (Å²) in [5.74, 6) is 10.3. The van der Waals surface area contributed by atoms with Crippen LogP contribution < -0.4 is 10.6 Å². The van der Waals surface area contributed by atoms with Crippen LogP contribution in [0.15, 0.2) is 4.99 Å². The van der Waals surface area contributed by atoms with E-state index in [0.29, 0.717) is 11.1 Å². The molecule has 12 saturated carbocycles. The number of nitrogens with zero attached hydrogens (tertiary/aromatic N) is 1. The first-order chi connectivity index (χ1) is 16.5. The summed E-state index contributed by atoms with van der Waals surface area (Å²) in [5.41, 5.74) is 1.00. The van der Waals surface area contributed by atoms with Gasteiger partial charge in [-0.15, -0.1) is 0 Å². The Morgan fingerprint density at radius 3 is 0.971 bits per heavy atom. The monoisotopic (exact) mass is 461 g/mol. The van der Waals surface area contributed by atoms with Crippen LogP contribution in [0.2, 0.25) is 0 Å². The van der Waals surface area contributed by atoms with E-state index in [1.54, 1.807) is 0 Å². The van der Waals surface area contributed by atoms with Crippen LogP contribution in [0.1, 0.15) is 116 Å². The van der Waals surface area contributed by atoms with E-state index < -0.39 is 0 Å². The summed E-state index contributed by atoms with van der Waals surface area (Å²) in [6, 6.07) is 0. The molecular formula is C31H47N3. The molecular weight excluding hydrogens is 414 g/mol. The van der Waals surface area contributed by atoms with Gasteiger partial charge in [0.2, 0.25) is 0 Å². The van der Waals surface area contributed by atoms with Gasteiger partial charge in [0.15, 0.2) is 5.96 Å². The van der Waals surface area contributed by atoms with Crippen LogP contribution in [0.25, 0.3) is 0 Å². The van der Waals surface area contributed by atoms with Gasteiger partial charge in [0.05, 0.1) is 5.54 Å². The third kappa shape index (κ3) is 3.16. The van der Waals surface area contributed by atoms with Gasteiger partial charge in [0, 0.05) is 11.1 Å². The molecule has 12 aliphatic carbocycles. The molecule has 0 radical (unpaired) electrons. The molecule has 0 aromatic rings. The van der Waals surface area contributed by atoms with Crippen LogP contribution in [0, 0.1) is 53.3 Å². The van der Waals surface area contributed by atoms with Crippen molar-refractivity contribution >= 4 is 5.96 Å². The van der Waals surface area contributed by atoms with Crippen molar-refractivity contribution in [3.63, 3.8) is 0 Å². The molecule has 0 spiro atoms. The predicted molar refractivity (Wildman–Crippen MR) is 136 cm³/mol. The first-order valence-corrected chi connectivity index (χ1v) is 15.7. The molecule has 0 heterocycles. The van der Waals surface area contributed by atoms with Crippen LogP contribution in [0.5, 0.6) is 0 Å². The van der Waals surface area contributed by atoms with Crippen molar-refractivity contribution in [3.05, 3.63) is 0 Å². The first kappa shape index (κ1) is 20.3. The van der Waals surface area contributed by atoms with E-state index in [4.69, 9.17) is 4.99 Å². The molecule has 0 aliphatic heterocycles. The minimum atomic E-state index is 0.272. The van der Waals surface area contributed by atoms with Crippen molar-refractivity contribution in [3.8, 4) is 0 Å². The van der Waals surface area contributed by atoms with Crippen molar-refractivity contribution in [2.45, 2.75) is 132 Å². The molecule has 0 unspecified atom stereocenters. The summed E-state index contributed by atoms with van der Waals surface area (Å²) in [5, 5.41) is 8.70. The molecule has 3 nitrogen and oxygen atoms in total. The highest BCUT2D eigenvalue weighted by atomic mass is 15.3. The average Bonchev–Trinajstić information content (AvgIpc) is 2.69. The lowest BCUT2D eigenvalue weighted by Gasteiger charge is -2.60. The van der Waals surface area contributed by atoms with Gasteiger partial charge in [-0.2, -0.15) is 0 Å². The number of rotatable bonds is 3. The van der Waals surface area contributed by atoms with E-state index in [0.717, 1.165) is 53.3 Å². The van der Waals surface area contributed by atoms with E-state index in [1.165, 1.54) is 122 Å². The highest BCUT2D eigenvalue weighted by Gasteiger charge is 2.56. The summed E-state index contributed by atoms with van der Waals surface area (Å²) >= 11 is 0. The van der Waals surface area contributed by atoms with E-state index in [2.05, 4.69) is 10.6 Å². The maximum Gasteiger partial charge on any atom is 0.192 e. The van der Waals surface area contributed by atoms with Gasteiger partial charge in [-0.1, -0.05) is 0 Å². The SMILES string of the molecule is C1C2CC3CC1CC(N=C(NC14CC5CC(CC(C5)C1)C4)NC14CC5CC(CC(C5)C1)C4)(C2)C3. The van der Waals surface area contributed by atoms with Crippen LogP contribution in [-0.2, 0) is 0 Å². The molecule has 0 amide bonds. The fourth-order valence-electron chi connectivity index (χ4n) is 13.6. The highest BCUT2D eigenvalue weighted by molar-refractivity contribution is 5.82. The number of nitrogens with one attached hydrogen (secondary N) is 2. The Morgan fingerprint density at radius 1 is 0.412 bits per heavy atom. The summed E-state index contributed by atoms with van der Waals surface area (Å²) < 4.78 is 0. The van der Waals surface area contributed by atoms with Gasteiger partial charge < -0.3 is 10.6 Å². The maximum atomic E-state index is 5.91. The molecule has 12 bridgehead atoms. The molecule has 12 aliphatic rings. The van der Waals surface area contributed by atoms with Crippen molar-refractivity contribution < 1.29 is 0 Å². The Morgan fingerprint density at radius 2 is 0.676 bits per heavy atom. The second-order valence-electron chi connectivity index (χ2n) is 16.2. The minimum absolute atomic E-state index is 0.272. The second kappa shape index (κ2) is 6.77. The zero-order valence-electron chi connectivity index (χ0n) is 21.4. The Hall–Kier alpha value is -0.730. The predicted octanol–water partition coefficient (Wildman–Crippen LogP) is 6.43. The summed E-state index contributed by atoms with van der Waals surface area (Å²) in [4.78, 5) is 5.91. The fourth-order valence-corrected chi connectivity index (χ4v) is 13.6. The van der Waals surface area contributed by atoms with E-state index in [9.17, 15) is 0 Å². The number of hydrogen-bond donors (Lipinski definition) is 2. The smallest absolute Gasteiger partial charge is 0.192 e.